The number of hydrogen-bond donors (Lipinski definition) is 0. The molecular weight excluding hydrogens is 305 g/mol. The zero-order valence-electron chi connectivity index (χ0n) is 8.27. The predicted molar refractivity (Wildman–Crippen MR) is 60.7 cm³/mol. The first kappa shape index (κ1) is 13.6. The molecule has 0 aliphatic rings. The summed E-state index contributed by atoms with van der Waals surface area (Å²) in [4.78, 5) is 11.4. The van der Waals surface area contributed by atoms with Crippen LogP contribution >= 0.6 is 27.7 Å². The standard InChI is InChI=1S/C10H8BrF3OS/c1-2-9(15)6-3-7(11)5-8(4-6)16-10(12,13)14/h3-5H,2H2,1H3. The van der Waals surface area contributed by atoms with E-state index in [1.54, 1.807) is 6.92 Å². The van der Waals surface area contributed by atoms with Crippen molar-refractivity contribution in [1.29, 1.82) is 0 Å². The summed E-state index contributed by atoms with van der Waals surface area (Å²) in [5, 5.41) is 0. The van der Waals surface area contributed by atoms with Crippen LogP contribution in [0.1, 0.15) is 23.7 Å². The number of halogens is 4. The van der Waals surface area contributed by atoms with Gasteiger partial charge < -0.3 is 0 Å². The van der Waals surface area contributed by atoms with Crippen molar-refractivity contribution in [3.8, 4) is 0 Å². The topological polar surface area (TPSA) is 17.1 Å². The van der Waals surface area contributed by atoms with E-state index in [9.17, 15) is 18.0 Å². The quantitative estimate of drug-likeness (QED) is 0.597. The molecule has 0 fully saturated rings. The van der Waals surface area contributed by atoms with E-state index in [0.717, 1.165) is 0 Å². The summed E-state index contributed by atoms with van der Waals surface area (Å²) < 4.78 is 36.9. The second-order valence-corrected chi connectivity index (χ2v) is 5.05. The van der Waals surface area contributed by atoms with Crippen LogP contribution in [0.15, 0.2) is 27.6 Å². The Bertz CT molecular complexity index is 404. The van der Waals surface area contributed by atoms with Crippen molar-refractivity contribution in [3.05, 3.63) is 28.2 Å². The van der Waals surface area contributed by atoms with Crippen LogP contribution in [0.5, 0.6) is 0 Å². The molecule has 0 aliphatic heterocycles. The van der Waals surface area contributed by atoms with Crippen LogP contribution < -0.4 is 0 Å². The Hall–Kier alpha value is -0.490. The van der Waals surface area contributed by atoms with Crippen molar-refractivity contribution in [2.75, 3.05) is 0 Å². The van der Waals surface area contributed by atoms with E-state index in [4.69, 9.17) is 0 Å². The normalized spacial score (nSPS) is 11.6. The molecule has 0 N–H and O–H groups in total. The molecule has 16 heavy (non-hydrogen) atoms. The Morgan fingerprint density at radius 3 is 2.50 bits per heavy atom. The van der Waals surface area contributed by atoms with Gasteiger partial charge in [-0.25, -0.2) is 0 Å². The van der Waals surface area contributed by atoms with Crippen molar-refractivity contribution < 1.29 is 18.0 Å². The molecule has 88 valence electrons. The summed E-state index contributed by atoms with van der Waals surface area (Å²) in [6.45, 7) is 1.67. The van der Waals surface area contributed by atoms with Crippen LogP contribution in [0, 0.1) is 0 Å². The molecule has 0 radical (unpaired) electrons. The van der Waals surface area contributed by atoms with E-state index in [1.807, 2.05) is 0 Å². The minimum Gasteiger partial charge on any atom is -0.294 e. The van der Waals surface area contributed by atoms with Gasteiger partial charge in [0.25, 0.3) is 0 Å². The minimum absolute atomic E-state index is 0.0127. The fourth-order valence-corrected chi connectivity index (χ4v) is 2.40. The van der Waals surface area contributed by atoms with E-state index >= 15 is 0 Å². The zero-order chi connectivity index (χ0) is 12.3. The SMILES string of the molecule is CCC(=O)c1cc(Br)cc(SC(F)(F)F)c1. The van der Waals surface area contributed by atoms with E-state index in [0.29, 0.717) is 10.0 Å². The zero-order valence-corrected chi connectivity index (χ0v) is 10.7. The van der Waals surface area contributed by atoms with Crippen LogP contribution in [0.3, 0.4) is 0 Å². The summed E-state index contributed by atoms with van der Waals surface area (Å²) >= 11 is 2.86. The average Bonchev–Trinajstić information content (AvgIpc) is 2.12. The highest BCUT2D eigenvalue weighted by atomic mass is 79.9. The first-order valence-electron chi connectivity index (χ1n) is 4.41. The van der Waals surface area contributed by atoms with Gasteiger partial charge in [-0.3, -0.25) is 4.79 Å². The lowest BCUT2D eigenvalue weighted by Crippen LogP contribution is -2.01. The number of hydrogen-bond acceptors (Lipinski definition) is 2. The molecule has 6 heteroatoms. The lowest BCUT2D eigenvalue weighted by atomic mass is 10.1. The summed E-state index contributed by atoms with van der Waals surface area (Å²) in [5.41, 5.74) is -4.04. The maximum absolute atomic E-state index is 12.2. The van der Waals surface area contributed by atoms with Gasteiger partial charge >= 0.3 is 5.51 Å². The number of alkyl halides is 3. The number of carbonyl (C=O) groups excluding carboxylic acids is 1. The first-order chi connectivity index (χ1) is 7.31. The second kappa shape index (κ2) is 5.23. The Morgan fingerprint density at radius 2 is 2.00 bits per heavy atom. The largest absolute Gasteiger partial charge is 0.446 e. The second-order valence-electron chi connectivity index (χ2n) is 3.00. The predicted octanol–water partition coefficient (Wildman–Crippen LogP) is 4.65. The van der Waals surface area contributed by atoms with Gasteiger partial charge in [-0.2, -0.15) is 13.2 Å². The molecular formula is C10H8BrF3OS. The summed E-state index contributed by atoms with van der Waals surface area (Å²) in [6.07, 6.45) is 0.270. The smallest absolute Gasteiger partial charge is 0.294 e. The molecule has 0 aromatic heterocycles. The van der Waals surface area contributed by atoms with Gasteiger partial charge in [0.2, 0.25) is 0 Å². The number of carbonyl (C=O) groups is 1. The molecule has 0 atom stereocenters. The number of benzene rings is 1. The van der Waals surface area contributed by atoms with E-state index < -0.39 is 5.51 Å². The van der Waals surface area contributed by atoms with Crippen molar-refractivity contribution in [2.24, 2.45) is 0 Å². The number of Topliss-reactive ketones (excluding diaryl/α,β-unsaturated/α-hetero) is 1. The molecule has 0 saturated carbocycles. The number of rotatable bonds is 3. The van der Waals surface area contributed by atoms with E-state index in [1.165, 1.54) is 18.2 Å². The van der Waals surface area contributed by atoms with Crippen molar-refractivity contribution in [3.63, 3.8) is 0 Å². The molecule has 0 spiro atoms. The summed E-state index contributed by atoms with van der Waals surface area (Å²) in [6, 6.07) is 4.12. The third kappa shape index (κ3) is 4.17. The molecule has 1 aromatic carbocycles. The highest BCUT2D eigenvalue weighted by molar-refractivity contribution is 9.10. The lowest BCUT2D eigenvalue weighted by Gasteiger charge is -2.07. The number of thioether (sulfide) groups is 1. The van der Waals surface area contributed by atoms with Crippen molar-refractivity contribution in [2.45, 2.75) is 23.7 Å². The Labute approximate surface area is 104 Å². The van der Waals surface area contributed by atoms with Crippen LogP contribution in [0.25, 0.3) is 0 Å². The maximum atomic E-state index is 12.2. The highest BCUT2D eigenvalue weighted by Gasteiger charge is 2.29. The van der Waals surface area contributed by atoms with E-state index in [2.05, 4.69) is 15.9 Å². The van der Waals surface area contributed by atoms with Gasteiger partial charge in [0.1, 0.15) is 0 Å². The minimum atomic E-state index is -4.34. The molecule has 1 rings (SSSR count). The first-order valence-corrected chi connectivity index (χ1v) is 6.02. The number of ketones is 1. The van der Waals surface area contributed by atoms with Gasteiger partial charge in [-0.1, -0.05) is 22.9 Å². The van der Waals surface area contributed by atoms with Gasteiger partial charge in [-0.05, 0) is 30.0 Å². The molecule has 0 heterocycles. The summed E-state index contributed by atoms with van der Waals surface area (Å²) in [5.74, 6) is -0.176. The molecule has 0 saturated heterocycles. The third-order valence-corrected chi connectivity index (χ3v) is 2.91. The van der Waals surface area contributed by atoms with Crippen molar-refractivity contribution >= 4 is 33.5 Å². The van der Waals surface area contributed by atoms with Gasteiger partial charge in [0, 0.05) is 21.4 Å². The van der Waals surface area contributed by atoms with Crippen LogP contribution in [0.2, 0.25) is 0 Å². The summed E-state index contributed by atoms with van der Waals surface area (Å²) in [7, 11) is 0. The molecule has 0 aliphatic carbocycles. The maximum Gasteiger partial charge on any atom is 0.446 e. The fraction of sp³-hybridized carbons (Fsp3) is 0.300. The van der Waals surface area contributed by atoms with Gasteiger partial charge in [0.15, 0.2) is 5.78 Å². The van der Waals surface area contributed by atoms with E-state index in [-0.39, 0.29) is 28.9 Å². The Kier molecular flexibility index (Phi) is 4.43. The Balaban J connectivity index is 3.03. The monoisotopic (exact) mass is 312 g/mol. The third-order valence-electron chi connectivity index (χ3n) is 1.75. The lowest BCUT2D eigenvalue weighted by molar-refractivity contribution is -0.0328. The average molecular weight is 313 g/mol. The highest BCUT2D eigenvalue weighted by Crippen LogP contribution is 2.38. The Morgan fingerprint density at radius 1 is 1.38 bits per heavy atom. The van der Waals surface area contributed by atoms with Gasteiger partial charge in [0.05, 0.1) is 0 Å². The fourth-order valence-electron chi connectivity index (χ4n) is 1.12. The van der Waals surface area contributed by atoms with Gasteiger partial charge in [-0.15, -0.1) is 0 Å². The van der Waals surface area contributed by atoms with Crippen molar-refractivity contribution in [1.82, 2.24) is 0 Å². The molecule has 0 bridgehead atoms. The molecule has 1 aromatic rings. The van der Waals surface area contributed by atoms with Crippen LogP contribution in [0.4, 0.5) is 13.2 Å². The molecule has 1 nitrogen and oxygen atoms in total. The van der Waals surface area contributed by atoms with Crippen LogP contribution in [-0.2, 0) is 0 Å². The van der Waals surface area contributed by atoms with Crippen LogP contribution in [-0.4, -0.2) is 11.3 Å². The molecule has 0 unspecified atom stereocenters. The molecule has 0 amide bonds.